The largest absolute Gasteiger partial charge is 0.514 e. The van der Waals surface area contributed by atoms with Crippen LogP contribution in [0.15, 0.2) is 48.5 Å². The molecule has 6 heteroatoms. The van der Waals surface area contributed by atoms with Crippen LogP contribution in [0.25, 0.3) is 0 Å². The number of benzene rings is 2. The number of hydrogen-bond acceptors (Lipinski definition) is 6. The number of esters is 1. The number of ether oxygens (including phenoxy) is 4. The molecule has 2 rings (SSSR count). The molecule has 0 aromatic heterocycles. The molecule has 0 N–H and O–H groups in total. The number of carbonyl (C=O) groups is 2. The predicted molar refractivity (Wildman–Crippen MR) is 128 cm³/mol. The number of methoxy groups -OCH3 is 1. The van der Waals surface area contributed by atoms with E-state index in [2.05, 4.69) is 13.8 Å². The molecule has 0 amide bonds. The predicted octanol–water partition coefficient (Wildman–Crippen LogP) is 6.44. The van der Waals surface area contributed by atoms with Gasteiger partial charge in [-0.25, -0.2) is 4.79 Å². The van der Waals surface area contributed by atoms with Gasteiger partial charge in [-0.05, 0) is 75.9 Å². The molecule has 0 aliphatic heterocycles. The molecule has 0 spiro atoms. The van der Waals surface area contributed by atoms with E-state index in [9.17, 15) is 9.59 Å². The molecule has 0 saturated heterocycles. The van der Waals surface area contributed by atoms with Crippen LogP contribution in [0, 0.1) is 0 Å². The summed E-state index contributed by atoms with van der Waals surface area (Å²) >= 11 is 0. The van der Waals surface area contributed by atoms with E-state index < -0.39 is 11.8 Å². The Morgan fingerprint density at radius 2 is 1.12 bits per heavy atom. The molecular formula is C27H36O6. The van der Waals surface area contributed by atoms with Gasteiger partial charge < -0.3 is 18.9 Å². The highest BCUT2D eigenvalue weighted by Gasteiger charge is 2.28. The lowest BCUT2D eigenvalue weighted by Gasteiger charge is -2.30. The summed E-state index contributed by atoms with van der Waals surface area (Å²) in [5.74, 6) is 0.578. The average molecular weight is 457 g/mol. The van der Waals surface area contributed by atoms with Crippen molar-refractivity contribution in [2.45, 2.75) is 77.9 Å². The molecule has 6 nitrogen and oxygen atoms in total. The summed E-state index contributed by atoms with van der Waals surface area (Å²) in [7, 11) is 1.67. The number of rotatable bonds is 9. The molecule has 0 fully saturated rings. The quantitative estimate of drug-likeness (QED) is 0.246. The summed E-state index contributed by atoms with van der Waals surface area (Å²) in [5, 5.41) is 0. The van der Waals surface area contributed by atoms with Crippen LogP contribution in [0.3, 0.4) is 0 Å². The minimum atomic E-state index is -0.733. The summed E-state index contributed by atoms with van der Waals surface area (Å²) in [6.07, 6.45) is 0.658. The zero-order valence-corrected chi connectivity index (χ0v) is 21.0. The summed E-state index contributed by atoms with van der Waals surface area (Å²) in [5.41, 5.74) is 0.850. The standard InChI is InChI=1S/C27H36O6/c1-19(28)31-22-13-9-20(10-14-22)27(6,7)21-11-15-23(16-12-21)32-24(29)33-26(4,5)18-17-25(2,3)30-8/h9-16H,17-18H2,1-8H3. The van der Waals surface area contributed by atoms with Crippen molar-refractivity contribution in [3.63, 3.8) is 0 Å². The topological polar surface area (TPSA) is 71.1 Å². The van der Waals surface area contributed by atoms with Gasteiger partial charge in [0.15, 0.2) is 0 Å². The van der Waals surface area contributed by atoms with Crippen LogP contribution in [0.1, 0.15) is 72.4 Å². The SMILES string of the molecule is COC(C)(C)CCC(C)(C)OC(=O)Oc1ccc(C(C)(C)c2ccc(OC(C)=O)cc2)cc1. The molecule has 0 aliphatic carbocycles. The highest BCUT2D eigenvalue weighted by molar-refractivity contribution is 5.69. The third kappa shape index (κ3) is 7.90. The minimum absolute atomic E-state index is 0.284. The van der Waals surface area contributed by atoms with Gasteiger partial charge in [0.05, 0.1) is 5.60 Å². The third-order valence-electron chi connectivity index (χ3n) is 5.86. The van der Waals surface area contributed by atoms with E-state index in [4.69, 9.17) is 18.9 Å². The fourth-order valence-corrected chi connectivity index (χ4v) is 3.31. The van der Waals surface area contributed by atoms with Crippen molar-refractivity contribution < 1.29 is 28.5 Å². The fourth-order valence-electron chi connectivity index (χ4n) is 3.31. The highest BCUT2D eigenvalue weighted by atomic mass is 16.7. The van der Waals surface area contributed by atoms with Crippen molar-refractivity contribution in [2.75, 3.05) is 7.11 Å². The molecular weight excluding hydrogens is 420 g/mol. The van der Waals surface area contributed by atoms with Crippen molar-refractivity contribution in [3.05, 3.63) is 59.7 Å². The molecule has 180 valence electrons. The van der Waals surface area contributed by atoms with Gasteiger partial charge in [0.25, 0.3) is 0 Å². The normalized spacial score (nSPS) is 12.2. The van der Waals surface area contributed by atoms with Crippen molar-refractivity contribution >= 4 is 12.1 Å². The fraction of sp³-hybridized carbons (Fsp3) is 0.481. The molecule has 2 aromatic rings. The van der Waals surface area contributed by atoms with Crippen molar-refractivity contribution in [3.8, 4) is 11.5 Å². The summed E-state index contributed by atoms with van der Waals surface area (Å²) in [4.78, 5) is 23.4. The Morgan fingerprint density at radius 3 is 1.55 bits per heavy atom. The van der Waals surface area contributed by atoms with Crippen LogP contribution in [0.2, 0.25) is 0 Å². The maximum Gasteiger partial charge on any atom is 0.514 e. The van der Waals surface area contributed by atoms with Gasteiger partial charge >= 0.3 is 12.1 Å². The summed E-state index contributed by atoms with van der Waals surface area (Å²) < 4.78 is 21.5. The lowest BCUT2D eigenvalue weighted by molar-refractivity contribution is -0.131. The molecule has 0 unspecified atom stereocenters. The van der Waals surface area contributed by atoms with Gasteiger partial charge in [-0.15, -0.1) is 0 Å². The first-order valence-electron chi connectivity index (χ1n) is 11.1. The first-order valence-corrected chi connectivity index (χ1v) is 11.1. The molecule has 0 aliphatic rings. The second-order valence-corrected chi connectivity index (χ2v) is 9.95. The van der Waals surface area contributed by atoms with Crippen molar-refractivity contribution in [1.29, 1.82) is 0 Å². The average Bonchev–Trinajstić information content (AvgIpc) is 2.72. The Hall–Kier alpha value is -2.86. The second kappa shape index (κ2) is 10.4. The Kier molecular flexibility index (Phi) is 8.30. The van der Waals surface area contributed by atoms with Gasteiger partial charge in [0.1, 0.15) is 17.1 Å². The maximum absolute atomic E-state index is 12.3. The lowest BCUT2D eigenvalue weighted by Crippen LogP contribution is -2.33. The molecule has 0 saturated carbocycles. The monoisotopic (exact) mass is 456 g/mol. The highest BCUT2D eigenvalue weighted by Crippen LogP contribution is 2.33. The van der Waals surface area contributed by atoms with Gasteiger partial charge in [-0.1, -0.05) is 38.1 Å². The van der Waals surface area contributed by atoms with Crippen LogP contribution < -0.4 is 9.47 Å². The molecule has 33 heavy (non-hydrogen) atoms. The maximum atomic E-state index is 12.3. The van der Waals surface area contributed by atoms with E-state index in [1.165, 1.54) is 6.92 Å². The zero-order valence-electron chi connectivity index (χ0n) is 21.0. The van der Waals surface area contributed by atoms with Crippen LogP contribution in [-0.4, -0.2) is 30.4 Å². The molecule has 0 bridgehead atoms. The Labute approximate surface area is 197 Å². The number of hydrogen-bond donors (Lipinski definition) is 0. The summed E-state index contributed by atoms with van der Waals surface area (Å²) in [6.45, 7) is 13.3. The first-order chi connectivity index (χ1) is 15.2. The van der Waals surface area contributed by atoms with Gasteiger partial charge in [-0.2, -0.15) is 0 Å². The Morgan fingerprint density at radius 1 is 0.697 bits per heavy atom. The molecule has 2 aromatic carbocycles. The summed E-state index contributed by atoms with van der Waals surface area (Å²) in [6, 6.07) is 14.8. The van der Waals surface area contributed by atoms with Crippen LogP contribution in [0.4, 0.5) is 4.79 Å². The second-order valence-electron chi connectivity index (χ2n) is 9.95. The zero-order chi connectivity index (χ0) is 24.9. The first kappa shape index (κ1) is 26.4. The Bertz CT molecular complexity index is 940. The van der Waals surface area contributed by atoms with Gasteiger partial charge in [-0.3, -0.25) is 4.79 Å². The van der Waals surface area contributed by atoms with Crippen molar-refractivity contribution in [2.24, 2.45) is 0 Å². The molecule has 0 radical (unpaired) electrons. The van der Waals surface area contributed by atoms with Gasteiger partial charge in [0, 0.05) is 19.4 Å². The van der Waals surface area contributed by atoms with Crippen LogP contribution >= 0.6 is 0 Å². The third-order valence-corrected chi connectivity index (χ3v) is 5.86. The number of carbonyl (C=O) groups excluding carboxylic acids is 2. The van der Waals surface area contributed by atoms with E-state index in [1.54, 1.807) is 31.4 Å². The lowest BCUT2D eigenvalue weighted by atomic mass is 9.78. The van der Waals surface area contributed by atoms with E-state index in [1.807, 2.05) is 52.0 Å². The van der Waals surface area contributed by atoms with E-state index in [-0.39, 0.29) is 17.0 Å². The van der Waals surface area contributed by atoms with E-state index >= 15 is 0 Å². The minimum Gasteiger partial charge on any atom is -0.428 e. The molecule has 0 heterocycles. The smallest absolute Gasteiger partial charge is 0.428 e. The van der Waals surface area contributed by atoms with Crippen LogP contribution in [0.5, 0.6) is 11.5 Å². The van der Waals surface area contributed by atoms with E-state index in [0.717, 1.165) is 17.5 Å². The van der Waals surface area contributed by atoms with Crippen LogP contribution in [-0.2, 0) is 19.7 Å². The molecule has 0 atom stereocenters. The van der Waals surface area contributed by atoms with Gasteiger partial charge in [0.2, 0.25) is 0 Å². The van der Waals surface area contributed by atoms with Crippen molar-refractivity contribution in [1.82, 2.24) is 0 Å². The van der Waals surface area contributed by atoms with E-state index in [0.29, 0.717) is 17.9 Å². The Balaban J connectivity index is 2.01.